The van der Waals surface area contributed by atoms with Crippen LogP contribution in [-0.2, 0) is 9.47 Å². The summed E-state index contributed by atoms with van der Waals surface area (Å²) in [7, 11) is 0. The van der Waals surface area contributed by atoms with Crippen LogP contribution < -0.4 is 0 Å². The van der Waals surface area contributed by atoms with E-state index in [4.69, 9.17) is 9.47 Å². The molecule has 0 bridgehead atoms. The molecule has 1 heterocycles. The number of ether oxygens (including phenoxy) is 2. The Morgan fingerprint density at radius 1 is 1.11 bits per heavy atom. The molecule has 1 aromatic rings. The lowest BCUT2D eigenvalue weighted by Gasteiger charge is -2.04. The van der Waals surface area contributed by atoms with Gasteiger partial charge < -0.3 is 9.47 Å². The molecule has 1 rings (SSSR count). The monoisotopic (exact) mass is 302 g/mol. The van der Waals surface area contributed by atoms with Crippen molar-refractivity contribution in [3.05, 3.63) is 16.0 Å². The molecule has 0 atom stereocenters. The number of carbonyl (C=O) groups excluding carboxylic acids is 2. The van der Waals surface area contributed by atoms with Crippen molar-refractivity contribution in [1.29, 1.82) is 0 Å². The normalized spacial score (nSPS) is 10.3. The zero-order valence-corrected chi connectivity index (χ0v) is 13.2. The van der Waals surface area contributed by atoms with Crippen molar-refractivity contribution >= 4 is 35.0 Å². The highest BCUT2D eigenvalue weighted by atomic mass is 32.2. The fraction of sp³-hybridized carbons (Fsp3) is 0.538. The molecule has 19 heavy (non-hydrogen) atoms. The third-order valence-electron chi connectivity index (χ3n) is 2.33. The van der Waals surface area contributed by atoms with Crippen molar-refractivity contribution in [2.45, 2.75) is 31.9 Å². The van der Waals surface area contributed by atoms with Crippen LogP contribution in [0.1, 0.15) is 46.4 Å². The van der Waals surface area contributed by atoms with Gasteiger partial charge in [0.25, 0.3) is 0 Å². The largest absolute Gasteiger partial charge is 0.462 e. The topological polar surface area (TPSA) is 52.6 Å². The second kappa shape index (κ2) is 7.55. The zero-order valence-electron chi connectivity index (χ0n) is 11.6. The summed E-state index contributed by atoms with van der Waals surface area (Å²) < 4.78 is 10.9. The van der Waals surface area contributed by atoms with Gasteiger partial charge in [-0.2, -0.15) is 0 Å². The molecule has 1 aromatic heterocycles. The average molecular weight is 302 g/mol. The standard InChI is InChI=1S/C13H18O4S2/c1-5-16-11(14)9-8(4)10(12(15)17-6-2)19-13(9)18-7-3/h5-7H2,1-4H3. The van der Waals surface area contributed by atoms with Crippen LogP contribution in [0.2, 0.25) is 0 Å². The second-order valence-corrected chi connectivity index (χ2v) is 6.15. The van der Waals surface area contributed by atoms with Crippen LogP contribution in [0, 0.1) is 6.92 Å². The summed E-state index contributed by atoms with van der Waals surface area (Å²) in [5, 5.41) is 0. The number of thiophene rings is 1. The molecule has 6 heteroatoms. The number of carbonyl (C=O) groups is 2. The first-order valence-corrected chi connectivity index (χ1v) is 7.97. The van der Waals surface area contributed by atoms with Gasteiger partial charge in [-0.1, -0.05) is 6.92 Å². The summed E-state index contributed by atoms with van der Waals surface area (Å²) in [6.07, 6.45) is 0. The molecule has 0 saturated carbocycles. The van der Waals surface area contributed by atoms with E-state index in [1.807, 2.05) is 6.92 Å². The van der Waals surface area contributed by atoms with E-state index in [9.17, 15) is 9.59 Å². The lowest BCUT2D eigenvalue weighted by Crippen LogP contribution is -2.08. The minimum Gasteiger partial charge on any atom is -0.462 e. The molecule has 0 fully saturated rings. The zero-order chi connectivity index (χ0) is 14.4. The molecule has 106 valence electrons. The number of esters is 2. The maximum Gasteiger partial charge on any atom is 0.348 e. The smallest absolute Gasteiger partial charge is 0.348 e. The minimum atomic E-state index is -0.376. The van der Waals surface area contributed by atoms with Gasteiger partial charge in [0, 0.05) is 0 Å². The molecule has 0 aliphatic heterocycles. The summed E-state index contributed by atoms with van der Waals surface area (Å²) in [5.41, 5.74) is 1.15. The van der Waals surface area contributed by atoms with Gasteiger partial charge in [0.05, 0.1) is 23.0 Å². The van der Waals surface area contributed by atoms with Crippen LogP contribution in [0.5, 0.6) is 0 Å². The molecular weight excluding hydrogens is 284 g/mol. The van der Waals surface area contributed by atoms with Gasteiger partial charge in [-0.25, -0.2) is 9.59 Å². The van der Waals surface area contributed by atoms with Gasteiger partial charge >= 0.3 is 11.9 Å². The Morgan fingerprint density at radius 2 is 1.68 bits per heavy atom. The fourth-order valence-corrected chi connectivity index (χ4v) is 3.95. The van der Waals surface area contributed by atoms with E-state index in [1.54, 1.807) is 20.8 Å². The molecule has 0 aliphatic rings. The lowest BCUT2D eigenvalue weighted by molar-refractivity contribution is 0.0522. The van der Waals surface area contributed by atoms with Crippen molar-refractivity contribution in [2.75, 3.05) is 19.0 Å². The Morgan fingerprint density at radius 3 is 2.21 bits per heavy atom. The number of hydrogen-bond donors (Lipinski definition) is 0. The Labute approximate surface area is 121 Å². The first-order chi connectivity index (χ1) is 9.06. The summed E-state index contributed by atoms with van der Waals surface area (Å²) in [6.45, 7) is 7.92. The molecule has 0 aliphatic carbocycles. The summed E-state index contributed by atoms with van der Waals surface area (Å²) >= 11 is 2.84. The maximum absolute atomic E-state index is 12.0. The van der Waals surface area contributed by atoms with Gasteiger partial charge in [-0.3, -0.25) is 0 Å². The Bertz CT molecular complexity index is 465. The molecule has 0 amide bonds. The van der Waals surface area contributed by atoms with E-state index in [0.717, 1.165) is 9.96 Å². The van der Waals surface area contributed by atoms with Crippen molar-refractivity contribution in [2.24, 2.45) is 0 Å². The molecule has 0 N–H and O–H groups in total. The van der Waals surface area contributed by atoms with Crippen LogP contribution in [0.3, 0.4) is 0 Å². The molecular formula is C13H18O4S2. The van der Waals surface area contributed by atoms with Gasteiger partial charge in [0.2, 0.25) is 0 Å². The maximum atomic E-state index is 12.0. The average Bonchev–Trinajstić information content (AvgIpc) is 2.67. The third kappa shape index (κ3) is 3.73. The van der Waals surface area contributed by atoms with E-state index in [2.05, 4.69) is 0 Å². The highest BCUT2D eigenvalue weighted by Gasteiger charge is 2.26. The Kier molecular flexibility index (Phi) is 6.37. The first-order valence-electron chi connectivity index (χ1n) is 6.17. The predicted octanol–water partition coefficient (Wildman–Crippen LogP) is 3.52. The summed E-state index contributed by atoms with van der Waals surface area (Å²) in [5.74, 6) is 0.0792. The van der Waals surface area contributed by atoms with E-state index < -0.39 is 0 Å². The van der Waals surface area contributed by atoms with Crippen LogP contribution in [0.15, 0.2) is 4.21 Å². The number of hydrogen-bond acceptors (Lipinski definition) is 6. The fourth-order valence-electron chi connectivity index (χ4n) is 1.55. The second-order valence-electron chi connectivity index (χ2n) is 3.59. The van der Waals surface area contributed by atoms with Gasteiger partial charge in [-0.15, -0.1) is 23.1 Å². The van der Waals surface area contributed by atoms with Crippen molar-refractivity contribution < 1.29 is 19.1 Å². The van der Waals surface area contributed by atoms with Gasteiger partial charge in [0.15, 0.2) is 0 Å². The number of rotatable bonds is 6. The van der Waals surface area contributed by atoms with E-state index >= 15 is 0 Å². The van der Waals surface area contributed by atoms with E-state index in [0.29, 0.717) is 29.2 Å². The van der Waals surface area contributed by atoms with Crippen LogP contribution >= 0.6 is 23.1 Å². The summed E-state index contributed by atoms with van der Waals surface area (Å²) in [4.78, 5) is 24.3. The highest BCUT2D eigenvalue weighted by molar-refractivity contribution is 8.01. The summed E-state index contributed by atoms with van der Waals surface area (Å²) in [6, 6.07) is 0. The molecule has 4 nitrogen and oxygen atoms in total. The number of thioether (sulfide) groups is 1. The SMILES string of the molecule is CCOC(=O)c1sc(SCC)c(C(=O)OCC)c1C. The molecule has 0 saturated heterocycles. The lowest BCUT2D eigenvalue weighted by atomic mass is 10.2. The van der Waals surface area contributed by atoms with E-state index in [-0.39, 0.29) is 11.9 Å². The molecule has 0 radical (unpaired) electrons. The van der Waals surface area contributed by atoms with Gasteiger partial charge in [-0.05, 0) is 32.1 Å². The molecule has 0 spiro atoms. The van der Waals surface area contributed by atoms with Crippen LogP contribution in [-0.4, -0.2) is 30.9 Å². The van der Waals surface area contributed by atoms with Crippen molar-refractivity contribution in [3.63, 3.8) is 0 Å². The Balaban J connectivity index is 3.19. The van der Waals surface area contributed by atoms with E-state index in [1.165, 1.54) is 23.1 Å². The Hall–Kier alpha value is -1.01. The predicted molar refractivity (Wildman–Crippen MR) is 77.4 cm³/mol. The quantitative estimate of drug-likeness (QED) is 0.594. The third-order valence-corrected chi connectivity index (χ3v) is 4.76. The molecule has 0 aromatic carbocycles. The van der Waals surface area contributed by atoms with Crippen LogP contribution in [0.4, 0.5) is 0 Å². The van der Waals surface area contributed by atoms with Crippen molar-refractivity contribution in [3.8, 4) is 0 Å². The van der Waals surface area contributed by atoms with Crippen molar-refractivity contribution in [1.82, 2.24) is 0 Å². The minimum absolute atomic E-state index is 0.319. The molecule has 0 unspecified atom stereocenters. The van der Waals surface area contributed by atoms with Gasteiger partial charge in [0.1, 0.15) is 4.88 Å². The first kappa shape index (κ1) is 16.0. The van der Waals surface area contributed by atoms with Crippen LogP contribution in [0.25, 0.3) is 0 Å². The highest BCUT2D eigenvalue weighted by Crippen LogP contribution is 2.36.